The summed E-state index contributed by atoms with van der Waals surface area (Å²) in [5, 5.41) is 2.82. The van der Waals surface area contributed by atoms with Gasteiger partial charge in [-0.3, -0.25) is 9.59 Å². The summed E-state index contributed by atoms with van der Waals surface area (Å²) in [6.07, 6.45) is 4.39. The Hall–Kier alpha value is -2.15. The molecule has 3 rings (SSSR count). The van der Waals surface area contributed by atoms with Crippen LogP contribution in [0.25, 0.3) is 0 Å². The maximum absolute atomic E-state index is 12.3. The van der Waals surface area contributed by atoms with Crippen LogP contribution in [0.4, 0.5) is 5.82 Å². The number of hydrogen-bond acceptors (Lipinski definition) is 4. The number of rotatable bonds is 3. The predicted octanol–water partition coefficient (Wildman–Crippen LogP) is 2.93. The van der Waals surface area contributed by atoms with Crippen LogP contribution in [-0.4, -0.2) is 34.8 Å². The average Bonchev–Trinajstić information content (AvgIpc) is 3.11. The fourth-order valence-electron chi connectivity index (χ4n) is 2.58. The SMILES string of the molecule is O=C(Nc1ccc(Br)cn1)C1CCN(C(=O)c2ccco2)CC1. The summed E-state index contributed by atoms with van der Waals surface area (Å²) in [5.41, 5.74) is 0. The average molecular weight is 378 g/mol. The molecule has 0 aromatic carbocycles. The normalized spacial score (nSPS) is 15.4. The van der Waals surface area contributed by atoms with Crippen molar-refractivity contribution in [3.63, 3.8) is 0 Å². The van der Waals surface area contributed by atoms with Crippen molar-refractivity contribution in [1.82, 2.24) is 9.88 Å². The molecule has 2 aromatic rings. The number of likely N-dealkylation sites (tertiary alicyclic amines) is 1. The summed E-state index contributed by atoms with van der Waals surface area (Å²) >= 11 is 3.30. The van der Waals surface area contributed by atoms with Gasteiger partial charge < -0.3 is 14.6 Å². The monoisotopic (exact) mass is 377 g/mol. The first-order valence-electron chi connectivity index (χ1n) is 7.38. The number of furan rings is 1. The van der Waals surface area contributed by atoms with E-state index in [0.29, 0.717) is 37.5 Å². The van der Waals surface area contributed by atoms with Gasteiger partial charge in [-0.2, -0.15) is 0 Å². The summed E-state index contributed by atoms with van der Waals surface area (Å²) in [7, 11) is 0. The third kappa shape index (κ3) is 3.79. The van der Waals surface area contributed by atoms with Crippen LogP contribution in [0.2, 0.25) is 0 Å². The summed E-state index contributed by atoms with van der Waals surface area (Å²) in [5.74, 6) is 0.591. The Balaban J connectivity index is 1.53. The van der Waals surface area contributed by atoms with Crippen LogP contribution in [0.15, 0.2) is 45.6 Å². The molecule has 0 radical (unpaired) electrons. The van der Waals surface area contributed by atoms with Gasteiger partial charge in [0.1, 0.15) is 5.82 Å². The molecule has 2 amide bonds. The lowest BCUT2D eigenvalue weighted by Gasteiger charge is -2.30. The second-order valence-electron chi connectivity index (χ2n) is 5.39. The van der Waals surface area contributed by atoms with Crippen molar-refractivity contribution in [1.29, 1.82) is 0 Å². The van der Waals surface area contributed by atoms with Crippen molar-refractivity contribution in [3.05, 3.63) is 47.0 Å². The van der Waals surface area contributed by atoms with Crippen molar-refractivity contribution >= 4 is 33.6 Å². The molecule has 0 saturated carbocycles. The molecule has 1 aliphatic heterocycles. The molecule has 0 atom stereocenters. The van der Waals surface area contributed by atoms with Gasteiger partial charge in [0.05, 0.1) is 6.26 Å². The van der Waals surface area contributed by atoms with Crippen molar-refractivity contribution < 1.29 is 14.0 Å². The topological polar surface area (TPSA) is 75.4 Å². The summed E-state index contributed by atoms with van der Waals surface area (Å²) in [6, 6.07) is 6.92. The number of nitrogens with one attached hydrogen (secondary N) is 1. The van der Waals surface area contributed by atoms with Crippen LogP contribution in [0, 0.1) is 5.92 Å². The Morgan fingerprint density at radius 1 is 1.26 bits per heavy atom. The molecule has 1 N–H and O–H groups in total. The third-order valence-corrected chi connectivity index (χ3v) is 4.33. The van der Waals surface area contributed by atoms with E-state index in [1.54, 1.807) is 29.3 Å². The first-order chi connectivity index (χ1) is 11.1. The number of anilines is 1. The van der Waals surface area contributed by atoms with E-state index in [0.717, 1.165) is 4.47 Å². The third-order valence-electron chi connectivity index (χ3n) is 3.86. The molecule has 0 bridgehead atoms. The molecule has 1 aliphatic rings. The van der Waals surface area contributed by atoms with Crippen molar-refractivity contribution in [2.75, 3.05) is 18.4 Å². The molecule has 23 heavy (non-hydrogen) atoms. The van der Waals surface area contributed by atoms with Gasteiger partial charge >= 0.3 is 0 Å². The minimum atomic E-state index is -0.122. The maximum Gasteiger partial charge on any atom is 0.289 e. The smallest absolute Gasteiger partial charge is 0.289 e. The van der Waals surface area contributed by atoms with Crippen LogP contribution >= 0.6 is 15.9 Å². The van der Waals surface area contributed by atoms with Gasteiger partial charge in [0, 0.05) is 29.7 Å². The van der Waals surface area contributed by atoms with Gasteiger partial charge in [0.2, 0.25) is 5.91 Å². The summed E-state index contributed by atoms with van der Waals surface area (Å²) < 4.78 is 5.99. The molecule has 3 heterocycles. The van der Waals surface area contributed by atoms with Crippen LogP contribution in [0.5, 0.6) is 0 Å². The van der Waals surface area contributed by atoms with Crippen molar-refractivity contribution in [2.24, 2.45) is 5.92 Å². The van der Waals surface area contributed by atoms with E-state index in [1.807, 2.05) is 6.07 Å². The lowest BCUT2D eigenvalue weighted by atomic mass is 9.95. The molecular formula is C16H16BrN3O3. The number of pyridine rings is 1. The molecule has 0 unspecified atom stereocenters. The lowest BCUT2D eigenvalue weighted by Crippen LogP contribution is -2.41. The van der Waals surface area contributed by atoms with Gasteiger partial charge in [-0.05, 0) is 53.0 Å². The van der Waals surface area contributed by atoms with Gasteiger partial charge in [-0.25, -0.2) is 4.98 Å². The molecule has 0 aliphatic carbocycles. The first kappa shape index (κ1) is 15.7. The number of carbonyl (C=O) groups is 2. The zero-order chi connectivity index (χ0) is 16.2. The van der Waals surface area contributed by atoms with Crippen LogP contribution in [-0.2, 0) is 4.79 Å². The first-order valence-corrected chi connectivity index (χ1v) is 8.18. The molecule has 7 heteroatoms. The highest BCUT2D eigenvalue weighted by molar-refractivity contribution is 9.10. The molecule has 2 aromatic heterocycles. The maximum atomic E-state index is 12.3. The number of hydrogen-bond donors (Lipinski definition) is 1. The van der Waals surface area contributed by atoms with E-state index in [2.05, 4.69) is 26.2 Å². The second kappa shape index (κ2) is 6.95. The lowest BCUT2D eigenvalue weighted by molar-refractivity contribution is -0.121. The largest absolute Gasteiger partial charge is 0.459 e. The highest BCUT2D eigenvalue weighted by atomic mass is 79.9. The number of aromatic nitrogens is 1. The Kier molecular flexibility index (Phi) is 4.76. The van der Waals surface area contributed by atoms with E-state index in [-0.39, 0.29) is 17.7 Å². The summed E-state index contributed by atoms with van der Waals surface area (Å²) in [4.78, 5) is 30.3. The van der Waals surface area contributed by atoms with Crippen molar-refractivity contribution in [2.45, 2.75) is 12.8 Å². The Bertz CT molecular complexity index is 677. The van der Waals surface area contributed by atoms with Crippen LogP contribution in [0.1, 0.15) is 23.4 Å². The van der Waals surface area contributed by atoms with E-state index in [4.69, 9.17) is 4.42 Å². The van der Waals surface area contributed by atoms with Crippen molar-refractivity contribution in [3.8, 4) is 0 Å². The number of carbonyl (C=O) groups excluding carboxylic acids is 2. The zero-order valence-electron chi connectivity index (χ0n) is 12.4. The fourth-order valence-corrected chi connectivity index (χ4v) is 2.81. The summed E-state index contributed by atoms with van der Waals surface area (Å²) in [6.45, 7) is 1.09. The molecule has 6 nitrogen and oxygen atoms in total. The predicted molar refractivity (Wildman–Crippen MR) is 87.9 cm³/mol. The minimum absolute atomic E-state index is 0.0510. The Morgan fingerprint density at radius 3 is 2.65 bits per heavy atom. The van der Waals surface area contributed by atoms with Crippen LogP contribution in [0.3, 0.4) is 0 Å². The van der Waals surface area contributed by atoms with E-state index < -0.39 is 0 Å². The number of nitrogens with zero attached hydrogens (tertiary/aromatic N) is 2. The zero-order valence-corrected chi connectivity index (χ0v) is 14.0. The number of amides is 2. The molecule has 1 saturated heterocycles. The molecule has 0 spiro atoms. The highest BCUT2D eigenvalue weighted by Crippen LogP contribution is 2.21. The van der Waals surface area contributed by atoms with Gasteiger partial charge in [-0.15, -0.1) is 0 Å². The Labute approximate surface area is 142 Å². The highest BCUT2D eigenvalue weighted by Gasteiger charge is 2.28. The fraction of sp³-hybridized carbons (Fsp3) is 0.312. The van der Waals surface area contributed by atoms with E-state index in [9.17, 15) is 9.59 Å². The van der Waals surface area contributed by atoms with Gasteiger partial charge in [0.25, 0.3) is 5.91 Å². The molecule has 1 fully saturated rings. The van der Waals surface area contributed by atoms with E-state index >= 15 is 0 Å². The quantitative estimate of drug-likeness (QED) is 0.891. The second-order valence-corrected chi connectivity index (χ2v) is 6.31. The minimum Gasteiger partial charge on any atom is -0.459 e. The number of piperidine rings is 1. The van der Waals surface area contributed by atoms with Gasteiger partial charge in [-0.1, -0.05) is 0 Å². The van der Waals surface area contributed by atoms with Crippen LogP contribution < -0.4 is 5.32 Å². The Morgan fingerprint density at radius 2 is 2.04 bits per heavy atom. The van der Waals surface area contributed by atoms with Gasteiger partial charge in [0.15, 0.2) is 5.76 Å². The molecule has 120 valence electrons. The molecular weight excluding hydrogens is 362 g/mol. The standard InChI is InChI=1S/C16H16BrN3O3/c17-12-3-4-14(18-10-12)19-15(21)11-5-7-20(8-6-11)16(22)13-2-1-9-23-13/h1-4,9-11H,5-8H2,(H,18,19,21). The van der Waals surface area contributed by atoms with E-state index in [1.165, 1.54) is 6.26 Å². The number of halogens is 1.